The number of hydrogen-bond acceptors (Lipinski definition) is 2. The first-order chi connectivity index (χ1) is 9.92. The topological polar surface area (TPSA) is 69.6 Å². The van der Waals surface area contributed by atoms with Crippen LogP contribution in [0.15, 0.2) is 24.3 Å². The molecule has 0 heterocycles. The Bertz CT molecular complexity index is 537. The van der Waals surface area contributed by atoms with Gasteiger partial charge in [0.25, 0.3) is 0 Å². The van der Waals surface area contributed by atoms with Crippen molar-refractivity contribution in [2.24, 2.45) is 0 Å². The molecule has 1 rings (SSSR count). The van der Waals surface area contributed by atoms with Crippen LogP contribution in [0.2, 0.25) is 0 Å². The lowest BCUT2D eigenvalue weighted by atomic mass is 10.1. The summed E-state index contributed by atoms with van der Waals surface area (Å²) in [7, 11) is 0. The highest BCUT2D eigenvalue weighted by Gasteiger charge is 2.17. The van der Waals surface area contributed by atoms with Crippen LogP contribution in [-0.4, -0.2) is 41.1 Å². The van der Waals surface area contributed by atoms with Gasteiger partial charge in [-0.15, -0.1) is 6.42 Å². The Labute approximate surface area is 122 Å². The molecule has 0 radical (unpaired) electrons. The van der Waals surface area contributed by atoms with Gasteiger partial charge in [0.15, 0.2) is 0 Å². The number of amides is 2. The van der Waals surface area contributed by atoms with Crippen molar-refractivity contribution in [1.82, 2.24) is 10.2 Å². The molecule has 2 N–H and O–H groups in total. The van der Waals surface area contributed by atoms with E-state index in [1.165, 1.54) is 12.1 Å². The summed E-state index contributed by atoms with van der Waals surface area (Å²) >= 11 is 0. The smallest absolute Gasteiger partial charge is 0.323 e. The minimum absolute atomic E-state index is 0.0819. The molecule has 21 heavy (non-hydrogen) atoms. The first kappa shape index (κ1) is 16.5. The number of aliphatic carboxylic acids is 1. The van der Waals surface area contributed by atoms with Crippen molar-refractivity contribution in [1.29, 1.82) is 0 Å². The van der Waals surface area contributed by atoms with Gasteiger partial charge < -0.3 is 15.3 Å². The normalized spacial score (nSPS) is 11.3. The third kappa shape index (κ3) is 5.95. The number of carbonyl (C=O) groups is 2. The van der Waals surface area contributed by atoms with E-state index in [4.69, 9.17) is 11.5 Å². The number of carbonyl (C=O) groups excluding carboxylic acids is 1. The Morgan fingerprint density at radius 3 is 2.57 bits per heavy atom. The SMILES string of the molecule is C#CCN(CC(=O)O)C(=O)NC(C)Cc1ccc(F)cc1. The summed E-state index contributed by atoms with van der Waals surface area (Å²) in [5.74, 6) is 0.788. The molecule has 1 atom stereocenters. The molecular formula is C15H17FN2O3. The van der Waals surface area contributed by atoms with Gasteiger partial charge in [-0.25, -0.2) is 9.18 Å². The van der Waals surface area contributed by atoms with Crippen LogP contribution in [0.4, 0.5) is 9.18 Å². The van der Waals surface area contributed by atoms with E-state index in [1.807, 2.05) is 0 Å². The monoisotopic (exact) mass is 292 g/mol. The van der Waals surface area contributed by atoms with Gasteiger partial charge in [0, 0.05) is 6.04 Å². The number of rotatable bonds is 6. The van der Waals surface area contributed by atoms with Crippen LogP contribution in [0.3, 0.4) is 0 Å². The number of carboxylic acid groups (broad SMARTS) is 1. The summed E-state index contributed by atoms with van der Waals surface area (Å²) in [5.41, 5.74) is 0.867. The van der Waals surface area contributed by atoms with Gasteiger partial charge in [-0.3, -0.25) is 4.79 Å². The van der Waals surface area contributed by atoms with Crippen LogP contribution in [0.5, 0.6) is 0 Å². The van der Waals surface area contributed by atoms with Crippen molar-refractivity contribution >= 4 is 12.0 Å². The fraction of sp³-hybridized carbons (Fsp3) is 0.333. The average Bonchev–Trinajstić information content (AvgIpc) is 2.40. The molecule has 2 amide bonds. The van der Waals surface area contributed by atoms with Gasteiger partial charge in [-0.05, 0) is 31.0 Å². The third-order valence-electron chi connectivity index (χ3n) is 2.72. The molecule has 1 unspecified atom stereocenters. The van der Waals surface area contributed by atoms with Crippen molar-refractivity contribution in [2.75, 3.05) is 13.1 Å². The zero-order valence-corrected chi connectivity index (χ0v) is 11.7. The quantitative estimate of drug-likeness (QED) is 0.780. The molecular weight excluding hydrogens is 275 g/mol. The summed E-state index contributed by atoms with van der Waals surface area (Å²) in [6.07, 6.45) is 5.61. The summed E-state index contributed by atoms with van der Waals surface area (Å²) in [5, 5.41) is 11.4. The van der Waals surface area contributed by atoms with E-state index in [1.54, 1.807) is 19.1 Å². The van der Waals surface area contributed by atoms with Gasteiger partial charge in [-0.1, -0.05) is 18.1 Å². The lowest BCUT2D eigenvalue weighted by molar-refractivity contribution is -0.137. The first-order valence-electron chi connectivity index (χ1n) is 6.37. The van der Waals surface area contributed by atoms with Crippen LogP contribution in [0.25, 0.3) is 0 Å². The number of nitrogens with one attached hydrogen (secondary N) is 1. The Balaban J connectivity index is 2.57. The second kappa shape index (κ2) is 7.90. The van der Waals surface area contributed by atoms with E-state index in [0.717, 1.165) is 10.5 Å². The highest BCUT2D eigenvalue weighted by Crippen LogP contribution is 2.06. The van der Waals surface area contributed by atoms with Gasteiger partial charge in [0.1, 0.15) is 12.4 Å². The van der Waals surface area contributed by atoms with E-state index in [0.29, 0.717) is 6.42 Å². The van der Waals surface area contributed by atoms with Crippen LogP contribution >= 0.6 is 0 Å². The second-order valence-electron chi connectivity index (χ2n) is 4.64. The lowest BCUT2D eigenvalue weighted by Gasteiger charge is -2.22. The molecule has 5 nitrogen and oxygen atoms in total. The van der Waals surface area contributed by atoms with E-state index in [9.17, 15) is 14.0 Å². The Hall–Kier alpha value is -2.55. The third-order valence-corrected chi connectivity index (χ3v) is 2.72. The number of halogens is 1. The Kier molecular flexibility index (Phi) is 6.21. The number of hydrogen-bond donors (Lipinski definition) is 2. The molecule has 112 valence electrons. The number of nitrogens with zero attached hydrogens (tertiary/aromatic N) is 1. The van der Waals surface area contributed by atoms with E-state index in [2.05, 4.69) is 11.2 Å². The van der Waals surface area contributed by atoms with Crippen molar-refractivity contribution in [2.45, 2.75) is 19.4 Å². The maximum atomic E-state index is 12.8. The van der Waals surface area contributed by atoms with E-state index < -0.39 is 18.5 Å². The van der Waals surface area contributed by atoms with E-state index in [-0.39, 0.29) is 18.4 Å². The Morgan fingerprint density at radius 2 is 2.05 bits per heavy atom. The van der Waals surface area contributed by atoms with Crippen LogP contribution < -0.4 is 5.32 Å². The van der Waals surface area contributed by atoms with Crippen LogP contribution in [0, 0.1) is 18.2 Å². The summed E-state index contributed by atoms with van der Waals surface area (Å²) in [6, 6.07) is 5.18. The minimum atomic E-state index is -1.13. The predicted molar refractivity (Wildman–Crippen MR) is 76.1 cm³/mol. The predicted octanol–water partition coefficient (Wildman–Crippen LogP) is 1.49. The number of urea groups is 1. The van der Waals surface area contributed by atoms with Crippen molar-refractivity contribution in [3.8, 4) is 12.3 Å². The first-order valence-corrected chi connectivity index (χ1v) is 6.37. The minimum Gasteiger partial charge on any atom is -0.480 e. The summed E-state index contributed by atoms with van der Waals surface area (Å²) in [6.45, 7) is 1.23. The molecule has 0 bridgehead atoms. The average molecular weight is 292 g/mol. The summed E-state index contributed by atoms with van der Waals surface area (Å²) < 4.78 is 12.8. The summed E-state index contributed by atoms with van der Waals surface area (Å²) in [4.78, 5) is 23.6. The zero-order chi connectivity index (χ0) is 15.8. The van der Waals surface area contributed by atoms with Crippen LogP contribution in [-0.2, 0) is 11.2 Å². The molecule has 6 heteroatoms. The molecule has 0 spiro atoms. The maximum Gasteiger partial charge on any atom is 0.323 e. The largest absolute Gasteiger partial charge is 0.480 e. The number of carboxylic acids is 1. The van der Waals surface area contributed by atoms with Crippen molar-refractivity contribution in [3.63, 3.8) is 0 Å². The van der Waals surface area contributed by atoms with E-state index >= 15 is 0 Å². The molecule has 0 aromatic heterocycles. The van der Waals surface area contributed by atoms with Gasteiger partial charge in [0.05, 0.1) is 6.54 Å². The zero-order valence-electron chi connectivity index (χ0n) is 11.7. The Morgan fingerprint density at radius 1 is 1.43 bits per heavy atom. The highest BCUT2D eigenvalue weighted by molar-refractivity contribution is 5.80. The fourth-order valence-electron chi connectivity index (χ4n) is 1.80. The second-order valence-corrected chi connectivity index (χ2v) is 4.64. The molecule has 0 saturated carbocycles. The van der Waals surface area contributed by atoms with Crippen molar-refractivity contribution < 1.29 is 19.1 Å². The number of terminal acetylenes is 1. The maximum absolute atomic E-state index is 12.8. The molecule has 0 saturated heterocycles. The van der Waals surface area contributed by atoms with Gasteiger partial charge in [0.2, 0.25) is 0 Å². The highest BCUT2D eigenvalue weighted by atomic mass is 19.1. The van der Waals surface area contributed by atoms with Gasteiger partial charge in [-0.2, -0.15) is 0 Å². The molecule has 0 aliphatic heterocycles. The molecule has 0 fully saturated rings. The lowest BCUT2D eigenvalue weighted by Crippen LogP contribution is -2.46. The van der Waals surface area contributed by atoms with Gasteiger partial charge >= 0.3 is 12.0 Å². The molecule has 0 aliphatic rings. The van der Waals surface area contributed by atoms with Crippen LogP contribution in [0.1, 0.15) is 12.5 Å². The fourth-order valence-corrected chi connectivity index (χ4v) is 1.80. The molecule has 1 aromatic carbocycles. The number of benzene rings is 1. The standard InChI is InChI=1S/C15H17FN2O3/c1-3-8-18(10-14(19)20)15(21)17-11(2)9-12-4-6-13(16)7-5-12/h1,4-7,11H,8-10H2,2H3,(H,17,21)(H,19,20). The molecule has 1 aromatic rings. The molecule has 0 aliphatic carbocycles. The van der Waals surface area contributed by atoms with Crippen molar-refractivity contribution in [3.05, 3.63) is 35.6 Å².